The molecule has 0 atom stereocenters. The van der Waals surface area contributed by atoms with E-state index < -0.39 is 0 Å². The van der Waals surface area contributed by atoms with Crippen LogP contribution in [-0.2, 0) is 0 Å². The molecule has 0 saturated heterocycles. The zero-order valence-electron chi connectivity index (χ0n) is 6.57. The fourth-order valence-electron chi connectivity index (χ4n) is 1.11. The number of benzene rings is 1. The first-order valence-electron chi connectivity index (χ1n) is 3.48. The third-order valence-corrected chi connectivity index (χ3v) is 2.52. The minimum atomic E-state index is 0.622. The molecule has 0 aliphatic heterocycles. The summed E-state index contributed by atoms with van der Waals surface area (Å²) in [7, 11) is 1.60. The van der Waals surface area contributed by atoms with Crippen LogP contribution >= 0.6 is 11.3 Å². The molecule has 0 radical (unpaired) electrons. The van der Waals surface area contributed by atoms with Crippen molar-refractivity contribution in [2.45, 2.75) is 0 Å². The first-order valence-corrected chi connectivity index (χ1v) is 4.36. The Labute approximate surface area is 73.8 Å². The van der Waals surface area contributed by atoms with Crippen molar-refractivity contribution in [2.75, 3.05) is 12.8 Å². The van der Waals surface area contributed by atoms with Gasteiger partial charge in [-0.3, -0.25) is 0 Å². The Hall–Kier alpha value is -1.29. The molecular formula is C8H8N2OS. The summed E-state index contributed by atoms with van der Waals surface area (Å²) in [4.78, 5) is 4.14. The number of anilines is 1. The van der Waals surface area contributed by atoms with Crippen molar-refractivity contribution in [3.05, 3.63) is 17.6 Å². The van der Waals surface area contributed by atoms with Gasteiger partial charge in [-0.05, 0) is 12.1 Å². The van der Waals surface area contributed by atoms with Crippen molar-refractivity contribution in [3.63, 3.8) is 0 Å². The molecule has 2 rings (SSSR count). The molecule has 0 unspecified atom stereocenters. The van der Waals surface area contributed by atoms with E-state index in [1.165, 1.54) is 0 Å². The van der Waals surface area contributed by atoms with Crippen LogP contribution in [0.5, 0.6) is 5.75 Å². The number of rotatable bonds is 1. The summed E-state index contributed by atoms with van der Waals surface area (Å²) < 4.78 is 6.15. The van der Waals surface area contributed by atoms with Gasteiger partial charge in [0.1, 0.15) is 17.0 Å². The van der Waals surface area contributed by atoms with E-state index in [2.05, 4.69) is 4.98 Å². The number of aromatic nitrogens is 1. The van der Waals surface area contributed by atoms with Gasteiger partial charge in [0.05, 0.1) is 17.3 Å². The number of methoxy groups -OCH3 is 1. The van der Waals surface area contributed by atoms with E-state index in [0.29, 0.717) is 11.4 Å². The molecule has 1 heterocycles. The van der Waals surface area contributed by atoms with E-state index in [1.54, 1.807) is 24.0 Å². The van der Waals surface area contributed by atoms with Gasteiger partial charge in [0, 0.05) is 0 Å². The molecule has 0 bridgehead atoms. The highest BCUT2D eigenvalue weighted by molar-refractivity contribution is 7.16. The number of hydrogen-bond acceptors (Lipinski definition) is 4. The molecule has 0 aliphatic rings. The zero-order valence-corrected chi connectivity index (χ0v) is 7.39. The van der Waals surface area contributed by atoms with Crippen LogP contribution in [0.15, 0.2) is 17.6 Å². The van der Waals surface area contributed by atoms with E-state index in [0.717, 1.165) is 10.2 Å². The molecule has 12 heavy (non-hydrogen) atoms. The van der Waals surface area contributed by atoms with Gasteiger partial charge in [-0.1, -0.05) is 0 Å². The van der Waals surface area contributed by atoms with Crippen LogP contribution in [0.1, 0.15) is 0 Å². The second-order valence-corrected chi connectivity index (χ2v) is 3.27. The largest absolute Gasteiger partial charge is 0.495 e. The maximum Gasteiger partial charge on any atom is 0.144 e. The lowest BCUT2D eigenvalue weighted by molar-refractivity contribution is 0.417. The number of hydrogen-bond donors (Lipinski definition) is 1. The molecule has 1 aromatic carbocycles. The van der Waals surface area contributed by atoms with Gasteiger partial charge in [0.15, 0.2) is 0 Å². The van der Waals surface area contributed by atoms with Crippen LogP contribution in [0, 0.1) is 0 Å². The molecule has 62 valence electrons. The lowest BCUT2D eigenvalue weighted by Crippen LogP contribution is -1.92. The molecule has 0 fully saturated rings. The normalized spacial score (nSPS) is 10.4. The molecule has 2 aromatic rings. The SMILES string of the molecule is COc1ccc2scnc2c1N. The first kappa shape index (κ1) is 7.36. The maximum atomic E-state index is 5.79. The summed E-state index contributed by atoms with van der Waals surface area (Å²) in [6, 6.07) is 3.82. The van der Waals surface area contributed by atoms with E-state index in [-0.39, 0.29) is 0 Å². The highest BCUT2D eigenvalue weighted by Gasteiger charge is 2.05. The number of nitrogens with zero attached hydrogens (tertiary/aromatic N) is 1. The van der Waals surface area contributed by atoms with E-state index in [1.807, 2.05) is 12.1 Å². The molecule has 4 heteroatoms. The Bertz CT molecular complexity index is 410. The van der Waals surface area contributed by atoms with E-state index >= 15 is 0 Å². The summed E-state index contributed by atoms with van der Waals surface area (Å²) in [6.07, 6.45) is 0. The first-order chi connectivity index (χ1) is 5.83. The predicted octanol–water partition coefficient (Wildman–Crippen LogP) is 1.89. The zero-order chi connectivity index (χ0) is 8.55. The summed E-state index contributed by atoms with van der Waals surface area (Å²) in [5.74, 6) is 0.688. The van der Waals surface area contributed by atoms with Gasteiger partial charge in [-0.15, -0.1) is 11.3 Å². The smallest absolute Gasteiger partial charge is 0.144 e. The van der Waals surface area contributed by atoms with Crippen LogP contribution in [-0.4, -0.2) is 12.1 Å². The molecule has 0 aliphatic carbocycles. The molecular weight excluding hydrogens is 172 g/mol. The molecule has 0 amide bonds. The molecule has 1 aromatic heterocycles. The van der Waals surface area contributed by atoms with Gasteiger partial charge in [-0.2, -0.15) is 0 Å². The third-order valence-electron chi connectivity index (χ3n) is 1.72. The van der Waals surface area contributed by atoms with Crippen molar-refractivity contribution in [1.29, 1.82) is 0 Å². The minimum Gasteiger partial charge on any atom is -0.495 e. The lowest BCUT2D eigenvalue weighted by Gasteiger charge is -2.02. The summed E-state index contributed by atoms with van der Waals surface area (Å²) in [5.41, 5.74) is 9.03. The third kappa shape index (κ3) is 0.921. The Morgan fingerprint density at radius 2 is 2.33 bits per heavy atom. The van der Waals surface area contributed by atoms with Crippen molar-refractivity contribution < 1.29 is 4.74 Å². The fourth-order valence-corrected chi connectivity index (χ4v) is 1.80. The topological polar surface area (TPSA) is 48.1 Å². The molecule has 2 N–H and O–H groups in total. The van der Waals surface area contributed by atoms with Crippen molar-refractivity contribution >= 4 is 27.2 Å². The van der Waals surface area contributed by atoms with Gasteiger partial charge in [0.25, 0.3) is 0 Å². The molecule has 3 nitrogen and oxygen atoms in total. The van der Waals surface area contributed by atoms with Gasteiger partial charge in [0.2, 0.25) is 0 Å². The Kier molecular flexibility index (Phi) is 1.62. The Morgan fingerprint density at radius 1 is 1.50 bits per heavy atom. The predicted molar refractivity (Wildman–Crippen MR) is 50.6 cm³/mol. The molecule has 0 saturated carbocycles. The summed E-state index contributed by atoms with van der Waals surface area (Å²) in [6.45, 7) is 0. The fraction of sp³-hybridized carbons (Fsp3) is 0.125. The Balaban J connectivity index is 2.78. The van der Waals surface area contributed by atoms with Crippen LogP contribution in [0.4, 0.5) is 5.69 Å². The van der Waals surface area contributed by atoms with Gasteiger partial charge in [-0.25, -0.2) is 4.98 Å². The highest BCUT2D eigenvalue weighted by atomic mass is 32.1. The van der Waals surface area contributed by atoms with Gasteiger partial charge < -0.3 is 10.5 Å². The van der Waals surface area contributed by atoms with Crippen molar-refractivity contribution in [1.82, 2.24) is 4.98 Å². The van der Waals surface area contributed by atoms with Crippen LogP contribution in [0.2, 0.25) is 0 Å². The van der Waals surface area contributed by atoms with Crippen molar-refractivity contribution in [3.8, 4) is 5.75 Å². The highest BCUT2D eigenvalue weighted by Crippen LogP contribution is 2.30. The van der Waals surface area contributed by atoms with Crippen molar-refractivity contribution in [2.24, 2.45) is 0 Å². The number of fused-ring (bicyclic) bond motifs is 1. The standard InChI is InChI=1S/C8H8N2OS/c1-11-5-2-3-6-8(7(5)9)10-4-12-6/h2-4H,9H2,1H3. The second-order valence-electron chi connectivity index (χ2n) is 2.38. The monoisotopic (exact) mass is 180 g/mol. The van der Waals surface area contributed by atoms with Crippen LogP contribution in [0.3, 0.4) is 0 Å². The number of ether oxygens (including phenoxy) is 1. The number of nitrogen functional groups attached to an aromatic ring is 1. The number of nitrogens with two attached hydrogens (primary N) is 1. The maximum absolute atomic E-state index is 5.79. The van der Waals surface area contributed by atoms with Crippen LogP contribution < -0.4 is 10.5 Å². The summed E-state index contributed by atoms with van der Waals surface area (Å²) >= 11 is 1.57. The average molecular weight is 180 g/mol. The van der Waals surface area contributed by atoms with Crippen LogP contribution in [0.25, 0.3) is 10.2 Å². The van der Waals surface area contributed by atoms with E-state index in [4.69, 9.17) is 10.5 Å². The number of thiazole rings is 1. The minimum absolute atomic E-state index is 0.622. The summed E-state index contributed by atoms with van der Waals surface area (Å²) in [5, 5.41) is 0. The second kappa shape index (κ2) is 2.64. The van der Waals surface area contributed by atoms with E-state index in [9.17, 15) is 0 Å². The molecule has 0 spiro atoms. The quantitative estimate of drug-likeness (QED) is 0.682. The Morgan fingerprint density at radius 3 is 3.08 bits per heavy atom. The lowest BCUT2D eigenvalue weighted by atomic mass is 10.3. The van der Waals surface area contributed by atoms with Gasteiger partial charge >= 0.3 is 0 Å². The average Bonchev–Trinajstić information content (AvgIpc) is 2.53.